The first-order valence-electron chi connectivity index (χ1n) is 9.92. The summed E-state index contributed by atoms with van der Waals surface area (Å²) in [6.07, 6.45) is 3.32. The number of aromatic nitrogens is 4. The number of carbonyl (C=O) groups is 1. The van der Waals surface area contributed by atoms with E-state index in [2.05, 4.69) is 22.4 Å². The fourth-order valence-corrected chi connectivity index (χ4v) is 3.16. The Hall–Kier alpha value is -3.22. The average Bonchev–Trinajstić information content (AvgIpc) is 3.05. The summed E-state index contributed by atoms with van der Waals surface area (Å²) in [5.41, 5.74) is 3.36. The molecule has 0 aliphatic carbocycles. The Balaban J connectivity index is 1.78. The smallest absolute Gasteiger partial charge is 0.267 e. The Morgan fingerprint density at radius 2 is 1.83 bits per heavy atom. The summed E-state index contributed by atoms with van der Waals surface area (Å²) >= 11 is 0. The maximum absolute atomic E-state index is 12.7. The molecule has 0 fully saturated rings. The molecule has 3 aromatic rings. The number of unbranched alkanes of at least 4 members (excludes halogenated alkanes) is 1. The predicted molar refractivity (Wildman–Crippen MR) is 113 cm³/mol. The van der Waals surface area contributed by atoms with E-state index in [1.807, 2.05) is 44.2 Å². The van der Waals surface area contributed by atoms with E-state index in [9.17, 15) is 9.59 Å². The quantitative estimate of drug-likeness (QED) is 0.665. The molecular formula is C22H27N5O2. The molecule has 3 rings (SSSR count). The van der Waals surface area contributed by atoms with Crippen LogP contribution in [-0.2, 0) is 11.2 Å². The minimum atomic E-state index is -0.765. The molecule has 7 nitrogen and oxygen atoms in total. The minimum Gasteiger partial charge on any atom is -0.324 e. The van der Waals surface area contributed by atoms with Gasteiger partial charge in [-0.25, -0.2) is 9.36 Å². The van der Waals surface area contributed by atoms with Gasteiger partial charge in [-0.2, -0.15) is 5.10 Å². The van der Waals surface area contributed by atoms with Crippen molar-refractivity contribution < 1.29 is 4.79 Å². The molecule has 29 heavy (non-hydrogen) atoms. The molecule has 1 amide bonds. The standard InChI is InChI=1S/C22H27N5O2/c1-5-6-7-18-8-10-19(11-9-18)23-22(29)17(4)27-21(28)13-12-20(25-27)26-16(3)14-15(2)24-26/h8-14,17H,5-7H2,1-4H3,(H,23,29). The van der Waals surface area contributed by atoms with Gasteiger partial charge in [0.2, 0.25) is 5.91 Å². The zero-order chi connectivity index (χ0) is 21.0. The molecule has 7 heteroatoms. The Morgan fingerprint density at radius 1 is 1.10 bits per heavy atom. The van der Waals surface area contributed by atoms with Gasteiger partial charge >= 0.3 is 0 Å². The number of hydrogen-bond acceptors (Lipinski definition) is 4. The molecule has 0 radical (unpaired) electrons. The van der Waals surface area contributed by atoms with E-state index in [0.29, 0.717) is 11.5 Å². The van der Waals surface area contributed by atoms with Crippen LogP contribution in [0.5, 0.6) is 0 Å². The average molecular weight is 393 g/mol. The van der Waals surface area contributed by atoms with Crippen molar-refractivity contribution in [2.75, 3.05) is 5.32 Å². The van der Waals surface area contributed by atoms with E-state index in [-0.39, 0.29) is 11.5 Å². The molecule has 2 aromatic heterocycles. The van der Waals surface area contributed by atoms with Gasteiger partial charge in [-0.15, -0.1) is 5.10 Å². The summed E-state index contributed by atoms with van der Waals surface area (Å²) in [7, 11) is 0. The van der Waals surface area contributed by atoms with E-state index in [1.165, 1.54) is 16.3 Å². The third-order valence-electron chi connectivity index (χ3n) is 4.82. The molecule has 0 aliphatic heterocycles. The van der Waals surface area contributed by atoms with E-state index >= 15 is 0 Å². The van der Waals surface area contributed by atoms with Crippen LogP contribution in [0.3, 0.4) is 0 Å². The third-order valence-corrected chi connectivity index (χ3v) is 4.82. The SMILES string of the molecule is CCCCc1ccc(NC(=O)C(C)n2nc(-n3nc(C)cc3C)ccc2=O)cc1. The third kappa shape index (κ3) is 4.80. The largest absolute Gasteiger partial charge is 0.324 e. The Kier molecular flexibility index (Phi) is 6.26. The van der Waals surface area contributed by atoms with Gasteiger partial charge in [0.25, 0.3) is 5.56 Å². The van der Waals surface area contributed by atoms with Gasteiger partial charge in [0, 0.05) is 17.4 Å². The van der Waals surface area contributed by atoms with Crippen LogP contribution in [0.15, 0.2) is 47.3 Å². The topological polar surface area (TPSA) is 81.8 Å². The van der Waals surface area contributed by atoms with Crippen molar-refractivity contribution in [3.05, 3.63) is 69.8 Å². The van der Waals surface area contributed by atoms with Crippen LogP contribution < -0.4 is 10.9 Å². The first kappa shape index (κ1) is 20.5. The van der Waals surface area contributed by atoms with Gasteiger partial charge in [0.05, 0.1) is 5.69 Å². The summed E-state index contributed by atoms with van der Waals surface area (Å²) in [6, 6.07) is 12.0. The zero-order valence-corrected chi connectivity index (χ0v) is 17.3. The van der Waals surface area contributed by atoms with Crippen LogP contribution in [0.4, 0.5) is 5.69 Å². The zero-order valence-electron chi connectivity index (χ0n) is 17.3. The Morgan fingerprint density at radius 3 is 2.45 bits per heavy atom. The highest BCUT2D eigenvalue weighted by molar-refractivity contribution is 5.93. The number of amides is 1. The lowest BCUT2D eigenvalue weighted by Gasteiger charge is -2.15. The predicted octanol–water partition coefficient (Wildman–Crippen LogP) is 3.59. The van der Waals surface area contributed by atoms with Crippen LogP contribution in [0.25, 0.3) is 5.82 Å². The summed E-state index contributed by atoms with van der Waals surface area (Å²) in [6.45, 7) is 7.63. The van der Waals surface area contributed by atoms with Crippen LogP contribution in [0.2, 0.25) is 0 Å². The van der Waals surface area contributed by atoms with Gasteiger partial charge in [-0.3, -0.25) is 9.59 Å². The molecular weight excluding hydrogens is 366 g/mol. The first-order chi connectivity index (χ1) is 13.9. The van der Waals surface area contributed by atoms with Crippen molar-refractivity contribution in [3.8, 4) is 5.82 Å². The maximum Gasteiger partial charge on any atom is 0.267 e. The highest BCUT2D eigenvalue weighted by atomic mass is 16.2. The second kappa shape index (κ2) is 8.86. The second-order valence-electron chi connectivity index (χ2n) is 7.28. The lowest BCUT2D eigenvalue weighted by atomic mass is 10.1. The summed E-state index contributed by atoms with van der Waals surface area (Å²) < 4.78 is 2.85. The first-order valence-corrected chi connectivity index (χ1v) is 9.92. The normalized spacial score (nSPS) is 12.0. The monoisotopic (exact) mass is 393 g/mol. The van der Waals surface area contributed by atoms with Crippen molar-refractivity contribution in [3.63, 3.8) is 0 Å². The number of nitrogens with one attached hydrogen (secondary N) is 1. The highest BCUT2D eigenvalue weighted by Crippen LogP contribution is 2.14. The van der Waals surface area contributed by atoms with Crippen molar-refractivity contribution in [1.82, 2.24) is 19.6 Å². The molecule has 0 aliphatic rings. The van der Waals surface area contributed by atoms with Crippen molar-refractivity contribution in [2.45, 2.75) is 53.0 Å². The van der Waals surface area contributed by atoms with E-state index in [4.69, 9.17) is 0 Å². The van der Waals surface area contributed by atoms with Crippen LogP contribution in [0.1, 0.15) is 49.7 Å². The van der Waals surface area contributed by atoms with Gasteiger partial charge in [-0.1, -0.05) is 25.5 Å². The van der Waals surface area contributed by atoms with E-state index in [0.717, 1.165) is 30.7 Å². The molecule has 1 atom stereocenters. The molecule has 2 heterocycles. The van der Waals surface area contributed by atoms with Gasteiger partial charge in [-0.05, 0) is 63.4 Å². The molecule has 0 spiro atoms. The van der Waals surface area contributed by atoms with Gasteiger partial charge in [0.1, 0.15) is 6.04 Å². The number of rotatable bonds is 7. The molecule has 1 unspecified atom stereocenters. The van der Waals surface area contributed by atoms with Crippen LogP contribution in [-0.4, -0.2) is 25.5 Å². The number of aryl methyl sites for hydroxylation is 3. The molecule has 1 aromatic carbocycles. The molecule has 0 bridgehead atoms. The van der Waals surface area contributed by atoms with Crippen molar-refractivity contribution >= 4 is 11.6 Å². The van der Waals surface area contributed by atoms with Crippen molar-refractivity contribution in [2.24, 2.45) is 0 Å². The molecule has 0 saturated heterocycles. The van der Waals surface area contributed by atoms with E-state index in [1.54, 1.807) is 17.7 Å². The second-order valence-corrected chi connectivity index (χ2v) is 7.28. The van der Waals surface area contributed by atoms with Crippen molar-refractivity contribution in [1.29, 1.82) is 0 Å². The van der Waals surface area contributed by atoms with Crippen LogP contribution in [0, 0.1) is 13.8 Å². The maximum atomic E-state index is 12.7. The number of anilines is 1. The highest BCUT2D eigenvalue weighted by Gasteiger charge is 2.19. The summed E-state index contributed by atoms with van der Waals surface area (Å²) in [4.78, 5) is 25.0. The fourth-order valence-electron chi connectivity index (χ4n) is 3.16. The summed E-state index contributed by atoms with van der Waals surface area (Å²) in [5.74, 6) is 0.196. The number of nitrogens with zero attached hydrogens (tertiary/aromatic N) is 4. The minimum absolute atomic E-state index is 0.300. The number of benzene rings is 1. The van der Waals surface area contributed by atoms with E-state index < -0.39 is 6.04 Å². The fraction of sp³-hybridized carbons (Fsp3) is 0.364. The van der Waals surface area contributed by atoms with Gasteiger partial charge in [0.15, 0.2) is 5.82 Å². The Bertz CT molecular complexity index is 1050. The molecule has 1 N–H and O–H groups in total. The molecule has 152 valence electrons. The summed E-state index contributed by atoms with van der Waals surface area (Å²) in [5, 5.41) is 11.6. The Labute approximate surface area is 170 Å². The lowest BCUT2D eigenvalue weighted by Crippen LogP contribution is -2.33. The van der Waals surface area contributed by atoms with Crippen LogP contribution >= 0.6 is 0 Å². The lowest BCUT2D eigenvalue weighted by molar-refractivity contribution is -0.119. The molecule has 0 saturated carbocycles. The number of carbonyl (C=O) groups excluding carboxylic acids is 1. The van der Waals surface area contributed by atoms with Gasteiger partial charge < -0.3 is 5.32 Å². The number of hydrogen-bond donors (Lipinski definition) is 1.